The molecule has 5 amide bonds. The number of urea groups is 1. The van der Waals surface area contributed by atoms with Gasteiger partial charge in [0.25, 0.3) is 5.01 Å². The van der Waals surface area contributed by atoms with Crippen LogP contribution in [0.5, 0.6) is 0 Å². The monoisotopic (exact) mass is 1180 g/mol. The van der Waals surface area contributed by atoms with Gasteiger partial charge in [0.2, 0.25) is 23.2 Å². The van der Waals surface area contributed by atoms with E-state index in [4.69, 9.17) is 56.8 Å². The molecule has 25 heteroatoms. The van der Waals surface area contributed by atoms with E-state index in [2.05, 4.69) is 85.4 Å². The number of amides is 5. The summed E-state index contributed by atoms with van der Waals surface area (Å²) in [4.78, 5) is 50.4. The van der Waals surface area contributed by atoms with Crippen molar-refractivity contribution in [2.45, 2.75) is 56.5 Å². The first-order valence-electron chi connectivity index (χ1n) is 28.3. The molecule has 2 saturated heterocycles. The highest BCUT2D eigenvalue weighted by Crippen LogP contribution is 2.33. The van der Waals surface area contributed by atoms with Crippen LogP contribution < -0.4 is 36.1 Å². The lowest BCUT2D eigenvalue weighted by Crippen LogP contribution is -2.42. The lowest BCUT2D eigenvalue weighted by atomic mass is 10.0. The van der Waals surface area contributed by atoms with E-state index in [1.165, 1.54) is 10.3 Å². The van der Waals surface area contributed by atoms with Crippen LogP contribution in [0.4, 0.5) is 10.5 Å². The molecule has 81 heavy (non-hydrogen) atoms. The normalized spacial score (nSPS) is 15.7. The third kappa shape index (κ3) is 29.2. The van der Waals surface area contributed by atoms with Gasteiger partial charge in [0.1, 0.15) is 17.9 Å². The van der Waals surface area contributed by atoms with Gasteiger partial charge < -0.3 is 88.3 Å². The molecule has 0 bridgehead atoms. The lowest BCUT2D eigenvalue weighted by Gasteiger charge is -2.16. The Hall–Kier alpha value is -4.32. The van der Waals surface area contributed by atoms with Gasteiger partial charge in [-0.2, -0.15) is 16.3 Å². The van der Waals surface area contributed by atoms with Crippen molar-refractivity contribution in [2.24, 2.45) is 0 Å². The molecule has 0 saturated carbocycles. The minimum Gasteiger partial charge on any atom is -0.378 e. The average Bonchev–Trinajstić information content (AvgIpc) is 4.38. The Balaban J connectivity index is 0.666. The van der Waals surface area contributed by atoms with Crippen LogP contribution in [-0.2, 0) is 77.8 Å². The van der Waals surface area contributed by atoms with Gasteiger partial charge in [0, 0.05) is 56.4 Å². The molecule has 23 nitrogen and oxygen atoms in total. The maximum Gasteiger partial charge on any atom is 0.315 e. The minimum absolute atomic E-state index is 0.0354. The van der Waals surface area contributed by atoms with Crippen LogP contribution in [0.2, 0.25) is 0 Å². The Morgan fingerprint density at radius 3 is 1.51 bits per heavy atom. The van der Waals surface area contributed by atoms with Crippen LogP contribution in [0.3, 0.4) is 0 Å². The summed E-state index contributed by atoms with van der Waals surface area (Å²) in [5, 5.41) is 16.0. The summed E-state index contributed by atoms with van der Waals surface area (Å²) in [6.07, 6.45) is 3.30. The van der Waals surface area contributed by atoms with Gasteiger partial charge in [0.15, 0.2) is 6.54 Å². The predicted molar refractivity (Wildman–Crippen MR) is 309 cm³/mol. The van der Waals surface area contributed by atoms with E-state index in [0.717, 1.165) is 46.8 Å². The Morgan fingerprint density at radius 1 is 0.568 bits per heavy atom. The van der Waals surface area contributed by atoms with Gasteiger partial charge in [-0.1, -0.05) is 23.8 Å². The van der Waals surface area contributed by atoms with Gasteiger partial charge >= 0.3 is 6.03 Å². The van der Waals surface area contributed by atoms with Crippen molar-refractivity contribution in [3.05, 3.63) is 48.0 Å². The average molecular weight is 1180 g/mol. The summed E-state index contributed by atoms with van der Waals surface area (Å²) >= 11 is 3.63. The summed E-state index contributed by atoms with van der Waals surface area (Å²) < 4.78 is 69.5. The molecule has 3 aromatic rings. The third-order valence-electron chi connectivity index (χ3n) is 12.6. The van der Waals surface area contributed by atoms with Gasteiger partial charge in [0.05, 0.1) is 170 Å². The van der Waals surface area contributed by atoms with E-state index in [9.17, 15) is 19.2 Å². The number of benzene rings is 2. The molecule has 3 heterocycles. The molecule has 5 N–H and O–H groups in total. The standard InChI is InChI=1S/C56H89N7O16S2/c1-44-8-13-48-50(40-44)81-55(45-9-11-46(12-10-45)62(2)3)63(48)17-14-57-52(65)41-79-42-53(66)59-16-19-69-21-23-71-25-27-73-29-31-75-33-35-77-37-39-78-38-36-76-34-32-74-30-28-72-26-24-70-22-20-68-18-15-58-51(64)7-5-4-6-49-54-47(43-80-49)60-56(67)61-54/h8-13,40,47,49,54H,4-7,14-39,41-43H2,1-3H3,(H4-,57,58,59,60,61,64,65,66,67)/p+1/t47-,49?,54-/m1/s1. The number of rotatable bonds is 50. The fraction of sp³-hybridized carbons (Fsp3) is 0.696. The summed E-state index contributed by atoms with van der Waals surface area (Å²) in [5.41, 5.74) is 4.56. The van der Waals surface area contributed by atoms with E-state index >= 15 is 0 Å². The Kier molecular flexibility index (Phi) is 35.4. The maximum atomic E-state index is 12.5. The van der Waals surface area contributed by atoms with Crippen molar-refractivity contribution in [3.8, 4) is 10.6 Å². The van der Waals surface area contributed by atoms with E-state index in [-0.39, 0.29) is 49.1 Å². The third-order valence-corrected chi connectivity index (χ3v) is 15.3. The number of unbranched alkanes of at least 4 members (excludes halogenated alkanes) is 1. The molecule has 2 fully saturated rings. The van der Waals surface area contributed by atoms with Crippen LogP contribution in [-0.4, -0.2) is 239 Å². The van der Waals surface area contributed by atoms with Gasteiger partial charge in [-0.3, -0.25) is 14.4 Å². The summed E-state index contributed by atoms with van der Waals surface area (Å²) in [6.45, 7) is 13.2. The Labute approximate surface area is 486 Å². The maximum absolute atomic E-state index is 12.5. The molecule has 3 atom stereocenters. The Morgan fingerprint density at radius 2 is 1.02 bits per heavy atom. The van der Waals surface area contributed by atoms with Crippen molar-refractivity contribution in [3.63, 3.8) is 0 Å². The van der Waals surface area contributed by atoms with Crippen LogP contribution in [0.1, 0.15) is 31.2 Å². The number of thiazole rings is 1. The zero-order valence-electron chi connectivity index (χ0n) is 47.9. The molecular weight excluding hydrogens is 1090 g/mol. The van der Waals surface area contributed by atoms with E-state index < -0.39 is 0 Å². The molecule has 0 spiro atoms. The van der Waals surface area contributed by atoms with Crippen LogP contribution >= 0.6 is 23.1 Å². The number of carbonyl (C=O) groups excluding carboxylic acids is 4. The van der Waals surface area contributed by atoms with Gasteiger partial charge in [-0.15, -0.1) is 0 Å². The largest absolute Gasteiger partial charge is 0.378 e. The molecule has 2 aliphatic heterocycles. The number of ether oxygens (including phenoxy) is 12. The fourth-order valence-electron chi connectivity index (χ4n) is 8.37. The van der Waals surface area contributed by atoms with Crippen LogP contribution in [0, 0.1) is 6.92 Å². The number of aromatic nitrogens is 1. The number of nitrogens with one attached hydrogen (secondary N) is 5. The van der Waals surface area contributed by atoms with Crippen molar-refractivity contribution in [1.29, 1.82) is 0 Å². The number of hydrogen-bond donors (Lipinski definition) is 5. The quantitative estimate of drug-likeness (QED) is 0.0310. The summed E-state index contributed by atoms with van der Waals surface area (Å²) in [6, 6.07) is 15.3. The molecule has 0 radical (unpaired) electrons. The van der Waals surface area contributed by atoms with Crippen molar-refractivity contribution < 1.29 is 80.6 Å². The number of thioether (sulfide) groups is 1. The zero-order valence-corrected chi connectivity index (χ0v) is 49.5. The fourth-order valence-corrected chi connectivity index (χ4v) is 11.2. The second-order valence-electron chi connectivity index (χ2n) is 19.1. The lowest BCUT2D eigenvalue weighted by molar-refractivity contribution is -0.654. The van der Waals surface area contributed by atoms with E-state index in [1.54, 1.807) is 11.3 Å². The molecule has 0 aliphatic carbocycles. The highest BCUT2D eigenvalue weighted by atomic mass is 32.2. The Bertz CT molecular complexity index is 2200. The summed E-state index contributed by atoms with van der Waals surface area (Å²) in [5.74, 6) is 0.374. The molecule has 2 aliphatic rings. The number of fused-ring (bicyclic) bond motifs is 2. The molecule has 2 aromatic carbocycles. The van der Waals surface area contributed by atoms with Crippen molar-refractivity contribution in [1.82, 2.24) is 26.6 Å². The predicted octanol–water partition coefficient (Wildman–Crippen LogP) is 2.50. The molecule has 1 unspecified atom stereocenters. The zero-order chi connectivity index (χ0) is 57.4. The van der Waals surface area contributed by atoms with E-state index in [1.807, 2.05) is 25.9 Å². The molecule has 1 aromatic heterocycles. The number of aryl methyl sites for hydroxylation is 1. The number of nitrogens with zero attached hydrogens (tertiary/aromatic N) is 2. The van der Waals surface area contributed by atoms with Crippen molar-refractivity contribution >= 4 is 62.8 Å². The van der Waals surface area contributed by atoms with Crippen molar-refractivity contribution in [2.75, 3.05) is 203 Å². The van der Waals surface area contributed by atoms with Crippen LogP contribution in [0.15, 0.2) is 42.5 Å². The number of hydrogen-bond acceptors (Lipinski definition) is 19. The van der Waals surface area contributed by atoms with E-state index in [0.29, 0.717) is 183 Å². The minimum atomic E-state index is -0.326. The second kappa shape index (κ2) is 42.5. The first kappa shape index (κ1) is 67.5. The van der Waals surface area contributed by atoms with Crippen LogP contribution in [0.25, 0.3) is 20.8 Å². The number of carbonyl (C=O) groups is 4. The van der Waals surface area contributed by atoms with Gasteiger partial charge in [-0.05, 0) is 55.7 Å². The number of anilines is 1. The SMILES string of the molecule is Cc1ccc2c(c1)sc(-c1ccc(N(C)C)cc1)[n+]2CCNC(=O)COCC(=O)NCCOCCOCCOCCOCCOCCOCCOCCOCCOCCOCCOCCNC(=O)CCCCC1SC[C@H]2NC(=O)N[C@@H]12. The molecule has 5 rings (SSSR count). The topological polar surface area (TPSA) is 246 Å². The smallest absolute Gasteiger partial charge is 0.315 e. The highest BCUT2D eigenvalue weighted by Gasteiger charge is 2.42. The molecular formula is C56H90N7O16S2+. The molecule has 456 valence electrons. The first-order chi connectivity index (χ1) is 39.7. The summed E-state index contributed by atoms with van der Waals surface area (Å²) in [7, 11) is 4.04. The highest BCUT2D eigenvalue weighted by molar-refractivity contribution is 8.00. The van der Waals surface area contributed by atoms with Gasteiger partial charge in [-0.25, -0.2) is 4.79 Å². The second-order valence-corrected chi connectivity index (χ2v) is 21.4. The first-order valence-corrected chi connectivity index (χ1v) is 30.2.